The van der Waals surface area contributed by atoms with Gasteiger partial charge in [-0.1, -0.05) is 6.92 Å². The summed E-state index contributed by atoms with van der Waals surface area (Å²) in [5, 5.41) is 2.89. The highest BCUT2D eigenvalue weighted by molar-refractivity contribution is 7.91. The summed E-state index contributed by atoms with van der Waals surface area (Å²) in [6, 6.07) is 0. The van der Waals surface area contributed by atoms with E-state index in [-0.39, 0.29) is 16.6 Å². The molecule has 0 aliphatic carbocycles. The van der Waals surface area contributed by atoms with Crippen molar-refractivity contribution < 1.29 is 8.42 Å². The highest BCUT2D eigenvalue weighted by Gasteiger charge is 2.05. The molecule has 0 spiro atoms. The van der Waals surface area contributed by atoms with Gasteiger partial charge in [0.2, 0.25) is 0 Å². The van der Waals surface area contributed by atoms with Gasteiger partial charge in [0.15, 0.2) is 14.9 Å². The molecular weight excluding hydrogens is 198 g/mol. The van der Waals surface area contributed by atoms with E-state index in [9.17, 15) is 8.42 Å². The van der Waals surface area contributed by atoms with Crippen molar-refractivity contribution >= 4 is 27.2 Å². The van der Waals surface area contributed by atoms with E-state index in [0.29, 0.717) is 6.54 Å². The molecule has 0 bridgehead atoms. The first-order chi connectivity index (χ1) is 5.52. The molecule has 4 N–H and O–H groups in total. The van der Waals surface area contributed by atoms with Crippen LogP contribution in [0.25, 0.3) is 0 Å². The second-order valence-corrected chi connectivity index (χ2v) is 5.02. The van der Waals surface area contributed by atoms with Gasteiger partial charge >= 0.3 is 0 Å². The van der Waals surface area contributed by atoms with Crippen LogP contribution in [-0.4, -0.2) is 31.6 Å². The number of thiocarbonyl (C=S) groups is 1. The summed E-state index contributed by atoms with van der Waals surface area (Å²) < 4.78 is 21.9. The van der Waals surface area contributed by atoms with E-state index in [0.717, 1.165) is 0 Å². The molecule has 0 aromatic rings. The van der Waals surface area contributed by atoms with Crippen LogP contribution >= 0.6 is 12.2 Å². The summed E-state index contributed by atoms with van der Waals surface area (Å²) in [5.74, 6) is 5.18. The van der Waals surface area contributed by atoms with Crippen LogP contribution in [0.5, 0.6) is 0 Å². The number of nitrogens with two attached hydrogens (primary N) is 1. The first kappa shape index (κ1) is 11.6. The Balaban J connectivity index is 3.64. The molecule has 0 amide bonds. The summed E-state index contributed by atoms with van der Waals surface area (Å²) in [5.41, 5.74) is 2.19. The smallest absolute Gasteiger partial charge is 0.180 e. The number of hydrogen-bond donors (Lipinski definition) is 3. The number of sulfone groups is 1. The normalized spacial score (nSPS) is 10.8. The predicted molar refractivity (Wildman–Crippen MR) is 52.3 cm³/mol. The van der Waals surface area contributed by atoms with E-state index in [1.807, 2.05) is 0 Å². The highest BCUT2D eigenvalue weighted by atomic mass is 32.2. The van der Waals surface area contributed by atoms with E-state index in [4.69, 9.17) is 5.84 Å². The van der Waals surface area contributed by atoms with Crippen molar-refractivity contribution in [2.24, 2.45) is 5.84 Å². The number of rotatable bonds is 4. The standard InChI is InChI=1S/C5H13N3O2S2/c1-2-12(9,10)4-3-7-5(11)8-6/h2-4,6H2,1H3,(H2,7,8,11). The van der Waals surface area contributed by atoms with Crippen molar-refractivity contribution in [1.82, 2.24) is 10.7 Å². The van der Waals surface area contributed by atoms with Crippen molar-refractivity contribution in [3.8, 4) is 0 Å². The van der Waals surface area contributed by atoms with Gasteiger partial charge in [0.05, 0.1) is 5.75 Å². The third kappa shape index (κ3) is 5.28. The fourth-order valence-corrected chi connectivity index (χ4v) is 1.32. The third-order valence-corrected chi connectivity index (χ3v) is 3.24. The number of hydrazine groups is 1. The summed E-state index contributed by atoms with van der Waals surface area (Å²) >= 11 is 4.64. The second-order valence-electron chi connectivity index (χ2n) is 2.14. The molecule has 0 radical (unpaired) electrons. The summed E-state index contributed by atoms with van der Waals surface area (Å²) in [7, 11) is -2.91. The SMILES string of the molecule is CCS(=O)(=O)CCNC(=S)NN. The van der Waals surface area contributed by atoms with Gasteiger partial charge in [0.25, 0.3) is 0 Å². The molecule has 72 valence electrons. The maximum atomic E-state index is 10.9. The zero-order valence-corrected chi connectivity index (χ0v) is 8.46. The van der Waals surface area contributed by atoms with Crippen molar-refractivity contribution in [2.75, 3.05) is 18.1 Å². The molecule has 0 saturated carbocycles. The topological polar surface area (TPSA) is 84.2 Å². The maximum Gasteiger partial charge on any atom is 0.180 e. The van der Waals surface area contributed by atoms with Gasteiger partial charge in [-0.2, -0.15) is 0 Å². The molecule has 12 heavy (non-hydrogen) atoms. The van der Waals surface area contributed by atoms with Crippen LogP contribution in [0.1, 0.15) is 6.92 Å². The highest BCUT2D eigenvalue weighted by Crippen LogP contribution is 1.86. The minimum absolute atomic E-state index is 0.0747. The van der Waals surface area contributed by atoms with Gasteiger partial charge in [-0.25, -0.2) is 14.3 Å². The Morgan fingerprint density at radius 1 is 1.58 bits per heavy atom. The minimum atomic E-state index is -2.91. The maximum absolute atomic E-state index is 10.9. The van der Waals surface area contributed by atoms with Crippen molar-refractivity contribution in [2.45, 2.75) is 6.92 Å². The van der Waals surface area contributed by atoms with Gasteiger partial charge in [-0.15, -0.1) is 0 Å². The van der Waals surface area contributed by atoms with Crippen LogP contribution in [0.3, 0.4) is 0 Å². The molecule has 0 aliphatic rings. The molecule has 0 unspecified atom stereocenters. The Kier molecular flexibility index (Phi) is 5.11. The average molecular weight is 211 g/mol. The van der Waals surface area contributed by atoms with E-state index in [2.05, 4.69) is 23.0 Å². The van der Waals surface area contributed by atoms with Gasteiger partial charge < -0.3 is 10.7 Å². The van der Waals surface area contributed by atoms with Gasteiger partial charge in [-0.3, -0.25) is 0 Å². The van der Waals surface area contributed by atoms with Crippen molar-refractivity contribution in [1.29, 1.82) is 0 Å². The van der Waals surface area contributed by atoms with E-state index < -0.39 is 9.84 Å². The molecule has 0 rings (SSSR count). The number of nitrogens with one attached hydrogen (secondary N) is 2. The fourth-order valence-electron chi connectivity index (χ4n) is 0.515. The van der Waals surface area contributed by atoms with Gasteiger partial charge in [-0.05, 0) is 12.2 Å². The van der Waals surface area contributed by atoms with E-state index >= 15 is 0 Å². The lowest BCUT2D eigenvalue weighted by Gasteiger charge is -2.05. The second kappa shape index (κ2) is 5.28. The Hall–Kier alpha value is -0.400. The Morgan fingerprint density at radius 2 is 2.17 bits per heavy atom. The largest absolute Gasteiger partial charge is 0.361 e. The Morgan fingerprint density at radius 3 is 2.58 bits per heavy atom. The Labute approximate surface area is 77.6 Å². The summed E-state index contributed by atoms with van der Waals surface area (Å²) in [6.45, 7) is 1.90. The molecule has 0 aliphatic heterocycles. The molecular formula is C5H13N3O2S2. The Bertz CT molecular complexity index is 237. The summed E-state index contributed by atoms with van der Waals surface area (Å²) in [4.78, 5) is 0. The molecule has 0 aromatic heterocycles. The van der Waals surface area contributed by atoms with Crippen LogP contribution < -0.4 is 16.6 Å². The fraction of sp³-hybridized carbons (Fsp3) is 0.800. The molecule has 0 fully saturated rings. The van der Waals surface area contributed by atoms with Crippen LogP contribution in [0, 0.1) is 0 Å². The molecule has 0 atom stereocenters. The molecule has 0 heterocycles. The zero-order chi connectivity index (χ0) is 9.61. The van der Waals surface area contributed by atoms with Crippen LogP contribution in [0.2, 0.25) is 0 Å². The van der Waals surface area contributed by atoms with E-state index in [1.165, 1.54) is 0 Å². The van der Waals surface area contributed by atoms with Crippen LogP contribution in [0.4, 0.5) is 0 Å². The number of hydrogen-bond acceptors (Lipinski definition) is 4. The van der Waals surface area contributed by atoms with Crippen molar-refractivity contribution in [3.05, 3.63) is 0 Å². The lowest BCUT2D eigenvalue weighted by atomic mass is 10.7. The predicted octanol–water partition coefficient (Wildman–Crippen LogP) is -1.24. The first-order valence-electron chi connectivity index (χ1n) is 3.46. The van der Waals surface area contributed by atoms with Crippen LogP contribution in [-0.2, 0) is 9.84 Å². The van der Waals surface area contributed by atoms with E-state index in [1.54, 1.807) is 6.92 Å². The minimum Gasteiger partial charge on any atom is -0.361 e. The van der Waals surface area contributed by atoms with Gasteiger partial charge in [0.1, 0.15) is 0 Å². The average Bonchev–Trinajstić information content (AvgIpc) is 2.04. The summed E-state index contributed by atoms with van der Waals surface area (Å²) in [6.07, 6.45) is 0. The third-order valence-electron chi connectivity index (χ3n) is 1.27. The quantitative estimate of drug-likeness (QED) is 0.306. The molecule has 7 heteroatoms. The van der Waals surface area contributed by atoms with Crippen molar-refractivity contribution in [3.63, 3.8) is 0 Å². The molecule has 0 saturated heterocycles. The lowest BCUT2D eigenvalue weighted by Crippen LogP contribution is -2.41. The molecule has 5 nitrogen and oxygen atoms in total. The zero-order valence-electron chi connectivity index (χ0n) is 6.83. The van der Waals surface area contributed by atoms with Crippen LogP contribution in [0.15, 0.2) is 0 Å². The first-order valence-corrected chi connectivity index (χ1v) is 5.69. The monoisotopic (exact) mass is 211 g/mol. The molecule has 0 aromatic carbocycles. The lowest BCUT2D eigenvalue weighted by molar-refractivity contribution is 0.596. The van der Waals surface area contributed by atoms with Gasteiger partial charge in [0, 0.05) is 12.3 Å².